The van der Waals surface area contributed by atoms with Crippen molar-refractivity contribution in [1.82, 2.24) is 4.90 Å². The van der Waals surface area contributed by atoms with Gasteiger partial charge in [-0.25, -0.2) is 4.39 Å². The van der Waals surface area contributed by atoms with Crippen LogP contribution in [0.2, 0.25) is 0 Å². The number of hydrogen-bond acceptors (Lipinski definition) is 2. The lowest BCUT2D eigenvalue weighted by atomic mass is 10.0. The second-order valence-corrected chi connectivity index (χ2v) is 4.86. The lowest BCUT2D eigenvalue weighted by Crippen LogP contribution is -2.50. The molecule has 0 radical (unpaired) electrons. The second-order valence-electron chi connectivity index (χ2n) is 4.39. The molecule has 1 saturated heterocycles. The van der Waals surface area contributed by atoms with E-state index in [4.69, 9.17) is 18.0 Å². The molecule has 1 atom stereocenters. The van der Waals surface area contributed by atoms with E-state index in [-0.39, 0.29) is 17.5 Å². The van der Waals surface area contributed by atoms with Gasteiger partial charge in [-0.3, -0.25) is 4.79 Å². The minimum atomic E-state index is -0.505. The molecule has 1 unspecified atom stereocenters. The number of likely N-dealkylation sites (tertiary alicyclic amines) is 1. The van der Waals surface area contributed by atoms with Crippen LogP contribution in [0.1, 0.15) is 29.6 Å². The van der Waals surface area contributed by atoms with E-state index in [1.54, 1.807) is 17.0 Å². The predicted octanol–water partition coefficient (Wildman–Crippen LogP) is 2.11. The Labute approximate surface area is 111 Å². The van der Waals surface area contributed by atoms with Crippen LogP contribution in [0.3, 0.4) is 0 Å². The van der Waals surface area contributed by atoms with Crippen LogP contribution in [0.5, 0.6) is 0 Å². The number of benzene rings is 1. The fourth-order valence-corrected chi connectivity index (χ4v) is 2.50. The molecule has 1 aliphatic heterocycles. The van der Waals surface area contributed by atoms with E-state index < -0.39 is 5.82 Å². The fraction of sp³-hybridized carbons (Fsp3) is 0.385. The minimum Gasteiger partial charge on any atom is -0.392 e. The molecular weight excluding hydrogens is 251 g/mol. The maximum Gasteiger partial charge on any atom is 0.257 e. The summed E-state index contributed by atoms with van der Waals surface area (Å²) in [6, 6.07) is 5.74. The van der Waals surface area contributed by atoms with E-state index >= 15 is 0 Å². The van der Waals surface area contributed by atoms with Crippen LogP contribution in [0.15, 0.2) is 24.3 Å². The monoisotopic (exact) mass is 266 g/mol. The number of nitrogens with two attached hydrogens (primary N) is 1. The smallest absolute Gasteiger partial charge is 0.257 e. The van der Waals surface area contributed by atoms with Crippen molar-refractivity contribution in [2.75, 3.05) is 6.54 Å². The number of thiocarbonyl (C=S) groups is 1. The first-order chi connectivity index (χ1) is 8.61. The predicted molar refractivity (Wildman–Crippen MR) is 71.9 cm³/mol. The van der Waals surface area contributed by atoms with Gasteiger partial charge in [-0.05, 0) is 31.4 Å². The molecule has 1 aromatic carbocycles. The standard InChI is InChI=1S/C13H15FN2OS/c14-10-6-2-1-5-9(10)13(17)16-8-4-3-7-11(16)12(15)18/h1-2,5-6,11H,3-4,7-8H2,(H2,15,18). The normalized spacial score (nSPS) is 19.6. The van der Waals surface area contributed by atoms with E-state index in [0.717, 1.165) is 19.3 Å². The molecule has 1 amide bonds. The molecule has 0 bridgehead atoms. The van der Waals surface area contributed by atoms with Gasteiger partial charge >= 0.3 is 0 Å². The van der Waals surface area contributed by atoms with Crippen LogP contribution < -0.4 is 5.73 Å². The number of amides is 1. The molecule has 2 N–H and O–H groups in total. The lowest BCUT2D eigenvalue weighted by Gasteiger charge is -2.35. The summed E-state index contributed by atoms with van der Waals surface area (Å²) < 4.78 is 13.6. The van der Waals surface area contributed by atoms with Crippen molar-refractivity contribution in [3.8, 4) is 0 Å². The van der Waals surface area contributed by atoms with Gasteiger partial charge in [0.1, 0.15) is 5.82 Å². The number of hydrogen-bond donors (Lipinski definition) is 1. The highest BCUT2D eigenvalue weighted by Crippen LogP contribution is 2.21. The molecule has 1 aliphatic rings. The number of carbonyl (C=O) groups is 1. The first-order valence-electron chi connectivity index (χ1n) is 5.96. The number of nitrogens with zero attached hydrogens (tertiary/aromatic N) is 1. The maximum absolute atomic E-state index is 13.6. The van der Waals surface area contributed by atoms with E-state index in [9.17, 15) is 9.18 Å². The zero-order valence-electron chi connectivity index (χ0n) is 9.93. The zero-order chi connectivity index (χ0) is 13.1. The van der Waals surface area contributed by atoms with Gasteiger partial charge in [0.25, 0.3) is 5.91 Å². The third-order valence-corrected chi connectivity index (χ3v) is 3.47. The topological polar surface area (TPSA) is 46.3 Å². The van der Waals surface area contributed by atoms with Crippen LogP contribution in [0.25, 0.3) is 0 Å². The zero-order valence-corrected chi connectivity index (χ0v) is 10.8. The van der Waals surface area contributed by atoms with E-state index in [1.165, 1.54) is 12.1 Å². The number of piperidine rings is 1. The van der Waals surface area contributed by atoms with Gasteiger partial charge in [0.05, 0.1) is 16.6 Å². The Balaban J connectivity index is 2.27. The average molecular weight is 266 g/mol. The van der Waals surface area contributed by atoms with Crippen LogP contribution in [0, 0.1) is 5.82 Å². The molecule has 2 rings (SSSR count). The molecular formula is C13H15FN2OS. The average Bonchev–Trinajstić information content (AvgIpc) is 2.38. The molecule has 0 aromatic heterocycles. The highest BCUT2D eigenvalue weighted by atomic mass is 32.1. The molecule has 1 aromatic rings. The number of rotatable bonds is 2. The van der Waals surface area contributed by atoms with Gasteiger partial charge in [0.15, 0.2) is 0 Å². The van der Waals surface area contributed by atoms with E-state index in [1.807, 2.05) is 0 Å². The first-order valence-corrected chi connectivity index (χ1v) is 6.37. The van der Waals surface area contributed by atoms with Crippen LogP contribution in [-0.4, -0.2) is 28.4 Å². The number of halogens is 1. The largest absolute Gasteiger partial charge is 0.392 e. The Morgan fingerprint density at radius 1 is 1.39 bits per heavy atom. The van der Waals surface area contributed by atoms with Crippen molar-refractivity contribution >= 4 is 23.1 Å². The Morgan fingerprint density at radius 2 is 2.11 bits per heavy atom. The highest BCUT2D eigenvalue weighted by molar-refractivity contribution is 7.80. The molecule has 3 nitrogen and oxygen atoms in total. The van der Waals surface area contributed by atoms with E-state index in [2.05, 4.69) is 0 Å². The van der Waals surface area contributed by atoms with Crippen molar-refractivity contribution in [3.63, 3.8) is 0 Å². The molecule has 5 heteroatoms. The van der Waals surface area contributed by atoms with E-state index in [0.29, 0.717) is 11.5 Å². The Hall–Kier alpha value is -1.49. The summed E-state index contributed by atoms with van der Waals surface area (Å²) in [5, 5.41) is 0. The summed E-state index contributed by atoms with van der Waals surface area (Å²) in [4.78, 5) is 14.2. The summed E-state index contributed by atoms with van der Waals surface area (Å²) in [7, 11) is 0. The van der Waals surface area contributed by atoms with Crippen LogP contribution in [0.4, 0.5) is 4.39 Å². The van der Waals surface area contributed by atoms with Crippen molar-refractivity contribution in [2.45, 2.75) is 25.3 Å². The Bertz CT molecular complexity index is 478. The van der Waals surface area contributed by atoms with Crippen LogP contribution >= 0.6 is 12.2 Å². The summed E-state index contributed by atoms with van der Waals surface area (Å²) in [5.74, 6) is -0.833. The Kier molecular flexibility index (Phi) is 3.91. The van der Waals surface area contributed by atoms with Crippen molar-refractivity contribution < 1.29 is 9.18 Å². The summed E-state index contributed by atoms with van der Waals surface area (Å²) in [6.45, 7) is 0.579. The second kappa shape index (κ2) is 5.44. The van der Waals surface area contributed by atoms with Crippen LogP contribution in [-0.2, 0) is 0 Å². The highest BCUT2D eigenvalue weighted by Gasteiger charge is 2.30. The first kappa shape index (κ1) is 13.0. The van der Waals surface area contributed by atoms with Gasteiger partial charge in [-0.15, -0.1) is 0 Å². The van der Waals surface area contributed by atoms with Gasteiger partial charge in [-0.1, -0.05) is 24.4 Å². The minimum absolute atomic E-state index is 0.0839. The molecule has 96 valence electrons. The lowest BCUT2D eigenvalue weighted by molar-refractivity contribution is 0.0676. The molecule has 0 spiro atoms. The van der Waals surface area contributed by atoms with Gasteiger partial charge in [-0.2, -0.15) is 0 Å². The van der Waals surface area contributed by atoms with Gasteiger partial charge in [0, 0.05) is 6.54 Å². The SMILES string of the molecule is NC(=S)C1CCCCN1C(=O)c1ccccc1F. The van der Waals surface area contributed by atoms with Crippen molar-refractivity contribution in [1.29, 1.82) is 0 Å². The third-order valence-electron chi connectivity index (χ3n) is 3.20. The molecule has 1 fully saturated rings. The summed E-state index contributed by atoms with van der Waals surface area (Å²) in [6.07, 6.45) is 2.65. The molecule has 1 heterocycles. The third kappa shape index (κ3) is 2.51. The van der Waals surface area contributed by atoms with Crippen molar-refractivity contribution in [2.24, 2.45) is 5.73 Å². The summed E-state index contributed by atoms with van der Waals surface area (Å²) >= 11 is 4.98. The Morgan fingerprint density at radius 3 is 2.78 bits per heavy atom. The quantitative estimate of drug-likeness (QED) is 0.834. The van der Waals surface area contributed by atoms with Crippen molar-refractivity contribution in [3.05, 3.63) is 35.6 Å². The molecule has 0 saturated carbocycles. The number of carbonyl (C=O) groups excluding carboxylic acids is 1. The summed E-state index contributed by atoms with van der Waals surface area (Å²) in [5.41, 5.74) is 5.74. The molecule has 18 heavy (non-hydrogen) atoms. The molecule has 0 aliphatic carbocycles. The van der Waals surface area contributed by atoms with Gasteiger partial charge in [0.2, 0.25) is 0 Å². The van der Waals surface area contributed by atoms with Gasteiger partial charge < -0.3 is 10.6 Å². The maximum atomic E-state index is 13.6. The fourth-order valence-electron chi connectivity index (χ4n) is 2.26.